The van der Waals surface area contributed by atoms with Gasteiger partial charge in [-0.3, -0.25) is 0 Å². The molecule has 4 aromatic rings. The van der Waals surface area contributed by atoms with Gasteiger partial charge in [-0.25, -0.2) is 24.0 Å². The summed E-state index contributed by atoms with van der Waals surface area (Å²) < 4.78 is 20.2. The number of hydrogen-bond acceptors (Lipinski definition) is 7. The smallest absolute Gasteiger partial charge is 0.184 e. The summed E-state index contributed by atoms with van der Waals surface area (Å²) in [6, 6.07) is 10.3. The number of halogens is 1. The number of nitrogen functional groups attached to an aromatic ring is 2. The van der Waals surface area contributed by atoms with Crippen molar-refractivity contribution in [2.24, 2.45) is 0 Å². The molecule has 1 aliphatic rings. The van der Waals surface area contributed by atoms with Crippen LogP contribution in [0.1, 0.15) is 5.56 Å². The van der Waals surface area contributed by atoms with Gasteiger partial charge in [-0.05, 0) is 18.2 Å². The van der Waals surface area contributed by atoms with Gasteiger partial charge in [0.1, 0.15) is 17.2 Å². The van der Waals surface area contributed by atoms with Crippen LogP contribution in [0.25, 0.3) is 22.6 Å². The number of rotatable bonds is 4. The van der Waals surface area contributed by atoms with Gasteiger partial charge in [-0.1, -0.05) is 18.2 Å². The van der Waals surface area contributed by atoms with Crippen molar-refractivity contribution >= 4 is 28.4 Å². The predicted molar refractivity (Wildman–Crippen MR) is 117 cm³/mol. The Balaban J connectivity index is 1.58. The minimum atomic E-state index is -0.300. The average molecular weight is 421 g/mol. The van der Waals surface area contributed by atoms with E-state index in [-0.39, 0.29) is 12.4 Å². The molecule has 0 aliphatic carbocycles. The third kappa shape index (κ3) is 3.50. The Bertz CT molecular complexity index is 1230. The molecule has 3 aromatic heterocycles. The van der Waals surface area contributed by atoms with Gasteiger partial charge >= 0.3 is 0 Å². The van der Waals surface area contributed by atoms with E-state index in [1.54, 1.807) is 35.1 Å². The van der Waals surface area contributed by atoms with Crippen LogP contribution in [0.4, 0.5) is 21.7 Å². The number of ether oxygens (including phenoxy) is 1. The maximum Gasteiger partial charge on any atom is 0.184 e. The topological polar surface area (TPSA) is 125 Å². The molecule has 5 N–H and O–H groups in total. The summed E-state index contributed by atoms with van der Waals surface area (Å²) in [5.41, 5.74) is 14.8. The van der Waals surface area contributed by atoms with Gasteiger partial charge in [0.15, 0.2) is 36.3 Å². The molecule has 31 heavy (non-hydrogen) atoms. The van der Waals surface area contributed by atoms with E-state index < -0.39 is 0 Å². The van der Waals surface area contributed by atoms with E-state index in [4.69, 9.17) is 11.5 Å². The zero-order valence-electron chi connectivity index (χ0n) is 16.7. The fourth-order valence-electron chi connectivity index (χ4n) is 3.82. The number of benzene rings is 1. The number of nitrogens with zero attached hydrogens (tertiary/aromatic N) is 6. The molecule has 0 spiro atoms. The quantitative estimate of drug-likeness (QED) is 0.479. The van der Waals surface area contributed by atoms with Gasteiger partial charge in [0.2, 0.25) is 0 Å². The van der Waals surface area contributed by atoms with Crippen molar-refractivity contribution in [1.82, 2.24) is 24.7 Å². The van der Waals surface area contributed by atoms with Crippen LogP contribution in [0.15, 0.2) is 42.6 Å². The number of nitrogens with two attached hydrogens (primary N) is 2. The van der Waals surface area contributed by atoms with Crippen molar-refractivity contribution in [1.29, 1.82) is 0 Å². The van der Waals surface area contributed by atoms with Gasteiger partial charge in [-0.15, -0.1) is 0 Å². The molecule has 10 heteroatoms. The second-order valence-electron chi connectivity index (χ2n) is 7.30. The number of aromatic nitrogens is 5. The highest BCUT2D eigenvalue weighted by Crippen LogP contribution is 2.32. The SMILES string of the molecule is Nc1nc(-c2nn(Cc3ccccc3F)c3ncccc23)nc(N)c1N1CC[OH+]CC1. The highest BCUT2D eigenvalue weighted by atomic mass is 19.1. The Morgan fingerprint density at radius 2 is 1.74 bits per heavy atom. The molecule has 0 saturated carbocycles. The molecular weight excluding hydrogens is 399 g/mol. The molecule has 1 saturated heterocycles. The van der Waals surface area contributed by atoms with E-state index in [1.165, 1.54) is 6.07 Å². The van der Waals surface area contributed by atoms with Crippen molar-refractivity contribution in [3.05, 3.63) is 54.0 Å². The van der Waals surface area contributed by atoms with Crippen LogP contribution in [-0.4, -0.2) is 55.8 Å². The first kappa shape index (κ1) is 19.2. The number of pyridine rings is 1. The molecule has 1 fully saturated rings. The van der Waals surface area contributed by atoms with Gasteiger partial charge < -0.3 is 21.1 Å². The second-order valence-corrected chi connectivity index (χ2v) is 7.30. The lowest BCUT2D eigenvalue weighted by atomic mass is 10.2. The Labute approximate surface area is 177 Å². The number of fused-ring (bicyclic) bond motifs is 1. The Morgan fingerprint density at radius 1 is 1.00 bits per heavy atom. The lowest BCUT2D eigenvalue weighted by Crippen LogP contribution is -2.39. The van der Waals surface area contributed by atoms with Crippen molar-refractivity contribution in [3.8, 4) is 11.5 Å². The van der Waals surface area contributed by atoms with Crippen molar-refractivity contribution in [2.45, 2.75) is 6.54 Å². The summed E-state index contributed by atoms with van der Waals surface area (Å²) >= 11 is 0. The molecular formula is C21H22FN8O+. The fraction of sp³-hybridized carbons (Fsp3) is 0.238. The molecule has 0 bridgehead atoms. The van der Waals surface area contributed by atoms with Crippen molar-refractivity contribution in [3.63, 3.8) is 0 Å². The number of hydrogen-bond donors (Lipinski definition) is 2. The minimum Gasteiger partial charge on any atom is -0.431 e. The van der Waals surface area contributed by atoms with Crippen LogP contribution in [0.5, 0.6) is 0 Å². The monoisotopic (exact) mass is 421 g/mol. The zero-order chi connectivity index (χ0) is 21.4. The maximum absolute atomic E-state index is 14.2. The summed E-state index contributed by atoms with van der Waals surface area (Å²) in [5.74, 6) is 0.604. The summed E-state index contributed by atoms with van der Waals surface area (Å²) in [6.07, 6.45) is 1.67. The maximum atomic E-state index is 14.2. The van der Waals surface area contributed by atoms with Gasteiger partial charge in [0, 0.05) is 11.8 Å². The molecule has 0 atom stereocenters. The number of aliphatic hydroxyl groups is 2. The lowest BCUT2D eigenvalue weighted by molar-refractivity contribution is -0.0437. The van der Waals surface area contributed by atoms with Gasteiger partial charge in [0.25, 0.3) is 0 Å². The van der Waals surface area contributed by atoms with Crippen molar-refractivity contribution < 1.29 is 9.13 Å². The predicted octanol–water partition coefficient (Wildman–Crippen LogP) is 1.59. The average Bonchev–Trinajstić information content (AvgIpc) is 3.14. The second kappa shape index (κ2) is 7.80. The van der Waals surface area contributed by atoms with Crippen LogP contribution in [0.2, 0.25) is 0 Å². The minimum absolute atomic E-state index is 0.223. The first-order valence-electron chi connectivity index (χ1n) is 9.98. The first-order valence-corrected chi connectivity index (χ1v) is 9.98. The van der Waals surface area contributed by atoms with E-state index >= 15 is 0 Å². The molecule has 158 valence electrons. The molecule has 1 aliphatic heterocycles. The molecule has 0 radical (unpaired) electrons. The highest BCUT2D eigenvalue weighted by molar-refractivity contribution is 5.90. The van der Waals surface area contributed by atoms with E-state index in [2.05, 4.69) is 29.7 Å². The standard InChI is InChI=1S/C21H21FN8O/c22-15-6-2-1-4-13(15)12-30-21-14(5-3-7-25-21)16(28-30)20-26-18(23)17(19(24)27-20)29-8-10-31-11-9-29/h1-7H,8-12H2,(H4,23,24,26,27)/p+1. The summed E-state index contributed by atoms with van der Waals surface area (Å²) in [5, 5.41) is 5.38. The van der Waals surface area contributed by atoms with Crippen LogP contribution in [-0.2, 0) is 6.54 Å². The fourth-order valence-corrected chi connectivity index (χ4v) is 3.82. The largest absolute Gasteiger partial charge is 0.431 e. The Hall–Kier alpha value is -3.79. The van der Waals surface area contributed by atoms with Crippen LogP contribution < -0.4 is 16.4 Å². The summed E-state index contributed by atoms with van der Waals surface area (Å²) in [4.78, 5) is 15.5. The Kier molecular flexibility index (Phi) is 4.83. The van der Waals surface area contributed by atoms with Crippen molar-refractivity contribution in [2.75, 3.05) is 42.7 Å². The van der Waals surface area contributed by atoms with Gasteiger partial charge in [0.05, 0.1) is 25.0 Å². The third-order valence-electron chi connectivity index (χ3n) is 5.31. The van der Waals surface area contributed by atoms with Crippen LogP contribution >= 0.6 is 0 Å². The molecule has 9 nitrogen and oxygen atoms in total. The van der Waals surface area contributed by atoms with Gasteiger partial charge in [-0.2, -0.15) is 5.10 Å². The van der Waals surface area contributed by atoms with E-state index in [0.29, 0.717) is 40.1 Å². The Morgan fingerprint density at radius 3 is 2.48 bits per heavy atom. The lowest BCUT2D eigenvalue weighted by Gasteiger charge is -2.27. The number of anilines is 3. The van der Waals surface area contributed by atoms with E-state index in [9.17, 15) is 4.39 Å². The van der Waals surface area contributed by atoms with E-state index in [1.807, 2.05) is 6.07 Å². The third-order valence-corrected chi connectivity index (χ3v) is 5.31. The summed E-state index contributed by atoms with van der Waals surface area (Å²) in [7, 11) is 0. The number of morpholine rings is 1. The van der Waals surface area contributed by atoms with Crippen LogP contribution in [0, 0.1) is 5.82 Å². The zero-order valence-corrected chi connectivity index (χ0v) is 16.7. The highest BCUT2D eigenvalue weighted by Gasteiger charge is 2.24. The van der Waals surface area contributed by atoms with E-state index in [0.717, 1.165) is 31.7 Å². The molecule has 0 amide bonds. The molecule has 5 rings (SSSR count). The molecule has 0 unspecified atom stereocenters. The molecule has 1 aromatic carbocycles. The van der Waals surface area contributed by atoms with Crippen LogP contribution in [0.3, 0.4) is 0 Å². The normalized spacial score (nSPS) is 14.3. The summed E-state index contributed by atoms with van der Waals surface area (Å²) in [6.45, 7) is 3.11. The molecule has 4 heterocycles. The first-order chi connectivity index (χ1) is 15.1.